The van der Waals surface area contributed by atoms with Crippen molar-refractivity contribution in [1.29, 1.82) is 0 Å². The largest absolute Gasteiger partial charge is 0.495 e. The number of hydrogen-bond donors (Lipinski definition) is 1. The Balaban J connectivity index is 2.16. The molecule has 1 N–H and O–H groups in total. The summed E-state index contributed by atoms with van der Waals surface area (Å²) in [6, 6.07) is 12.1. The zero-order valence-corrected chi connectivity index (χ0v) is 28.9. The predicted molar refractivity (Wildman–Crippen MR) is 176 cm³/mol. The third-order valence-corrected chi connectivity index (χ3v) is 9.73. The minimum Gasteiger partial charge on any atom is -0.495 e. The fourth-order valence-electron chi connectivity index (χ4n) is 4.36. The molecule has 2 atom stereocenters. The van der Waals surface area contributed by atoms with E-state index in [2.05, 4.69) is 5.32 Å². The zero-order valence-electron chi connectivity index (χ0n) is 25.8. The molecule has 244 valence electrons. The third kappa shape index (κ3) is 8.66. The molecule has 0 heterocycles. The molecular formula is C31H36Cl3N3O7S. The van der Waals surface area contributed by atoms with Crippen molar-refractivity contribution in [3.63, 3.8) is 0 Å². The lowest BCUT2D eigenvalue weighted by atomic mass is 10.1. The van der Waals surface area contributed by atoms with Crippen LogP contribution in [0.25, 0.3) is 0 Å². The van der Waals surface area contributed by atoms with Crippen molar-refractivity contribution in [3.8, 4) is 17.2 Å². The van der Waals surface area contributed by atoms with Crippen molar-refractivity contribution in [3.05, 3.63) is 75.2 Å². The molecule has 0 aliphatic heterocycles. The van der Waals surface area contributed by atoms with Crippen LogP contribution in [0.1, 0.15) is 32.8 Å². The molecule has 10 nitrogen and oxygen atoms in total. The lowest BCUT2D eigenvalue weighted by molar-refractivity contribution is -0.139. The first-order valence-electron chi connectivity index (χ1n) is 13.9. The monoisotopic (exact) mass is 699 g/mol. The number of carbonyl (C=O) groups is 2. The summed E-state index contributed by atoms with van der Waals surface area (Å²) in [6.45, 7) is 4.49. The number of carbonyl (C=O) groups excluding carboxylic acids is 2. The first-order valence-corrected chi connectivity index (χ1v) is 16.5. The number of benzene rings is 3. The Morgan fingerprint density at radius 3 is 2.04 bits per heavy atom. The molecule has 45 heavy (non-hydrogen) atoms. The first-order chi connectivity index (χ1) is 21.3. The minimum atomic E-state index is -4.48. The molecule has 0 saturated carbocycles. The van der Waals surface area contributed by atoms with Gasteiger partial charge in [-0.15, -0.1) is 0 Å². The molecule has 0 aliphatic rings. The standard InChI is InChI=1S/C31H36Cl3N3O7S/c1-7-19(2)35-31(39)20(3)36(17-21-8-9-22(32)14-25(21)34)30(38)18-37(26-15-23(33)10-12-27(26)42-4)45(40,41)24-11-13-28(43-5)29(16-24)44-6/h8-16,19-20H,7,17-18H2,1-6H3,(H,35,39)/t19-,20-/m1/s1. The van der Waals surface area contributed by atoms with Gasteiger partial charge in [-0.25, -0.2) is 8.42 Å². The Bertz CT molecular complexity index is 1640. The van der Waals surface area contributed by atoms with Crippen LogP contribution in [0.4, 0.5) is 5.69 Å². The van der Waals surface area contributed by atoms with Crippen LogP contribution in [0.3, 0.4) is 0 Å². The summed E-state index contributed by atoms with van der Waals surface area (Å²) in [4.78, 5) is 28.6. The highest BCUT2D eigenvalue weighted by atomic mass is 35.5. The fraction of sp³-hybridized carbons (Fsp3) is 0.355. The van der Waals surface area contributed by atoms with Gasteiger partial charge in [-0.1, -0.05) is 47.8 Å². The molecule has 3 aromatic carbocycles. The summed E-state index contributed by atoms with van der Waals surface area (Å²) in [5.41, 5.74) is 0.515. The smallest absolute Gasteiger partial charge is 0.265 e. The number of nitrogens with zero attached hydrogens (tertiary/aromatic N) is 2. The summed E-state index contributed by atoms with van der Waals surface area (Å²) in [6.07, 6.45) is 0.668. The number of anilines is 1. The minimum absolute atomic E-state index is 0.00863. The Morgan fingerprint density at radius 1 is 0.844 bits per heavy atom. The van der Waals surface area contributed by atoms with Crippen LogP contribution in [0.5, 0.6) is 17.2 Å². The summed E-state index contributed by atoms with van der Waals surface area (Å²) in [5.74, 6) is -0.494. The number of ether oxygens (including phenoxy) is 3. The van der Waals surface area contributed by atoms with Gasteiger partial charge in [-0.05, 0) is 68.3 Å². The third-order valence-electron chi connectivity index (χ3n) is 7.16. The van der Waals surface area contributed by atoms with E-state index in [-0.39, 0.29) is 44.7 Å². The maximum atomic E-state index is 14.3. The normalized spacial score (nSPS) is 12.6. The quantitative estimate of drug-likeness (QED) is 0.213. The molecule has 0 radical (unpaired) electrons. The average molecular weight is 701 g/mol. The number of hydrogen-bond acceptors (Lipinski definition) is 7. The SMILES string of the molecule is CC[C@@H](C)NC(=O)[C@@H](C)N(Cc1ccc(Cl)cc1Cl)C(=O)CN(c1cc(Cl)ccc1OC)S(=O)(=O)c1ccc(OC)c(OC)c1. The molecule has 3 rings (SSSR count). The topological polar surface area (TPSA) is 114 Å². The molecule has 2 amide bonds. The summed E-state index contributed by atoms with van der Waals surface area (Å²) in [7, 11) is -0.310. The molecule has 0 bridgehead atoms. The van der Waals surface area contributed by atoms with Gasteiger partial charge in [0.1, 0.15) is 18.3 Å². The van der Waals surface area contributed by atoms with Crippen molar-refractivity contribution in [2.45, 2.75) is 50.7 Å². The van der Waals surface area contributed by atoms with E-state index in [0.29, 0.717) is 22.8 Å². The maximum absolute atomic E-state index is 14.3. The van der Waals surface area contributed by atoms with Gasteiger partial charge in [0, 0.05) is 33.7 Å². The second-order valence-electron chi connectivity index (χ2n) is 10.1. The van der Waals surface area contributed by atoms with Crippen LogP contribution in [-0.4, -0.2) is 65.1 Å². The highest BCUT2D eigenvalue weighted by Crippen LogP contribution is 2.37. The first kappa shape index (κ1) is 36.1. The van der Waals surface area contributed by atoms with Gasteiger partial charge >= 0.3 is 0 Å². The van der Waals surface area contributed by atoms with Gasteiger partial charge in [0.25, 0.3) is 10.0 Å². The number of sulfonamides is 1. The van der Waals surface area contributed by atoms with E-state index in [1.165, 1.54) is 68.7 Å². The Hall–Kier alpha value is -3.38. The Kier molecular flexibility index (Phi) is 12.6. The second-order valence-corrected chi connectivity index (χ2v) is 13.2. The van der Waals surface area contributed by atoms with Crippen molar-refractivity contribution in [2.75, 3.05) is 32.2 Å². The zero-order chi connectivity index (χ0) is 33.5. The van der Waals surface area contributed by atoms with Gasteiger partial charge in [-0.2, -0.15) is 0 Å². The molecule has 0 aromatic heterocycles. The lowest BCUT2D eigenvalue weighted by Gasteiger charge is -2.33. The van der Waals surface area contributed by atoms with Gasteiger partial charge in [0.2, 0.25) is 11.8 Å². The summed E-state index contributed by atoms with van der Waals surface area (Å²) in [5, 5.41) is 3.76. The van der Waals surface area contributed by atoms with E-state index in [1.54, 1.807) is 19.1 Å². The van der Waals surface area contributed by atoms with Crippen molar-refractivity contribution in [1.82, 2.24) is 10.2 Å². The predicted octanol–water partition coefficient (Wildman–Crippen LogP) is 6.20. The molecule has 0 saturated heterocycles. The lowest BCUT2D eigenvalue weighted by Crippen LogP contribution is -2.52. The van der Waals surface area contributed by atoms with E-state index in [0.717, 1.165) is 4.31 Å². The highest BCUT2D eigenvalue weighted by Gasteiger charge is 2.35. The molecular weight excluding hydrogens is 665 g/mol. The molecule has 14 heteroatoms. The number of methoxy groups -OCH3 is 3. The Labute approximate surface area is 279 Å². The van der Waals surface area contributed by atoms with Crippen LogP contribution in [0, 0.1) is 0 Å². The van der Waals surface area contributed by atoms with Crippen molar-refractivity contribution >= 4 is 62.3 Å². The van der Waals surface area contributed by atoms with Gasteiger partial charge < -0.3 is 24.4 Å². The van der Waals surface area contributed by atoms with Crippen LogP contribution in [-0.2, 0) is 26.2 Å². The van der Waals surface area contributed by atoms with Crippen molar-refractivity contribution < 1.29 is 32.2 Å². The summed E-state index contributed by atoms with van der Waals surface area (Å²) >= 11 is 18.8. The van der Waals surface area contributed by atoms with E-state index >= 15 is 0 Å². The molecule has 0 aliphatic carbocycles. The average Bonchev–Trinajstić information content (AvgIpc) is 3.02. The molecule has 0 fully saturated rings. The number of amides is 2. The van der Waals surface area contributed by atoms with Gasteiger partial charge in [-0.3, -0.25) is 13.9 Å². The van der Waals surface area contributed by atoms with E-state index < -0.39 is 34.4 Å². The van der Waals surface area contributed by atoms with Gasteiger partial charge in [0.15, 0.2) is 11.5 Å². The molecule has 0 unspecified atom stereocenters. The van der Waals surface area contributed by atoms with Crippen LogP contribution >= 0.6 is 34.8 Å². The van der Waals surface area contributed by atoms with E-state index in [4.69, 9.17) is 49.0 Å². The maximum Gasteiger partial charge on any atom is 0.265 e. The van der Waals surface area contributed by atoms with Crippen LogP contribution in [0.15, 0.2) is 59.5 Å². The summed E-state index contributed by atoms with van der Waals surface area (Å²) < 4.78 is 45.6. The Morgan fingerprint density at radius 2 is 1.44 bits per heavy atom. The molecule has 0 spiro atoms. The van der Waals surface area contributed by atoms with Gasteiger partial charge in [0.05, 0.1) is 31.9 Å². The number of nitrogens with one attached hydrogen (secondary N) is 1. The van der Waals surface area contributed by atoms with Crippen molar-refractivity contribution in [2.24, 2.45) is 0 Å². The fourth-order valence-corrected chi connectivity index (χ4v) is 6.42. The molecule has 3 aromatic rings. The number of rotatable bonds is 14. The van der Waals surface area contributed by atoms with E-state index in [1.807, 2.05) is 13.8 Å². The van der Waals surface area contributed by atoms with E-state index in [9.17, 15) is 18.0 Å². The highest BCUT2D eigenvalue weighted by molar-refractivity contribution is 7.92. The van der Waals surface area contributed by atoms with Crippen LogP contribution < -0.4 is 23.8 Å². The van der Waals surface area contributed by atoms with Crippen LogP contribution in [0.2, 0.25) is 15.1 Å². The number of halogens is 3. The second kappa shape index (κ2) is 15.8.